The van der Waals surface area contributed by atoms with Crippen molar-refractivity contribution in [1.82, 2.24) is 4.90 Å². The predicted molar refractivity (Wildman–Crippen MR) is 76.0 cm³/mol. The molecule has 2 rings (SSSR count). The average molecular weight is 268 g/mol. The lowest BCUT2D eigenvalue weighted by atomic mass is 9.78. The van der Waals surface area contributed by atoms with Gasteiger partial charge in [0.25, 0.3) is 0 Å². The highest BCUT2D eigenvalue weighted by Gasteiger charge is 2.28. The number of benzene rings is 1. The van der Waals surface area contributed by atoms with Gasteiger partial charge in [0.2, 0.25) is 0 Å². The number of rotatable bonds is 3. The van der Waals surface area contributed by atoms with E-state index in [0.29, 0.717) is 16.2 Å². The molecule has 18 heavy (non-hydrogen) atoms. The number of phenolic OH excluding ortho intramolecular Hbond substituents is 1. The molecule has 0 bridgehead atoms. The summed E-state index contributed by atoms with van der Waals surface area (Å²) in [6.45, 7) is 7.67. The second-order valence-corrected chi connectivity index (χ2v) is 6.15. The Labute approximate surface area is 115 Å². The van der Waals surface area contributed by atoms with Crippen LogP contribution in [0.1, 0.15) is 38.7 Å². The summed E-state index contributed by atoms with van der Waals surface area (Å²) in [6, 6.07) is 5.27. The molecule has 1 heterocycles. The Morgan fingerprint density at radius 2 is 2.00 bits per heavy atom. The Hall–Kier alpha value is -0.730. The van der Waals surface area contributed by atoms with Crippen LogP contribution in [-0.4, -0.2) is 23.1 Å². The summed E-state index contributed by atoms with van der Waals surface area (Å²) in [4.78, 5) is 2.41. The molecule has 0 spiro atoms. The van der Waals surface area contributed by atoms with Crippen molar-refractivity contribution in [2.24, 2.45) is 5.41 Å². The van der Waals surface area contributed by atoms with Crippen LogP contribution in [0.25, 0.3) is 0 Å². The van der Waals surface area contributed by atoms with E-state index in [-0.39, 0.29) is 0 Å². The van der Waals surface area contributed by atoms with E-state index in [9.17, 15) is 5.11 Å². The third-order valence-electron chi connectivity index (χ3n) is 4.35. The van der Waals surface area contributed by atoms with Crippen LogP contribution in [0.4, 0.5) is 0 Å². The van der Waals surface area contributed by atoms with Gasteiger partial charge < -0.3 is 5.11 Å². The van der Waals surface area contributed by atoms with E-state index in [1.54, 1.807) is 12.1 Å². The molecule has 0 atom stereocenters. The van der Waals surface area contributed by atoms with Crippen LogP contribution in [0.2, 0.25) is 5.02 Å². The van der Waals surface area contributed by atoms with E-state index in [4.69, 9.17) is 11.6 Å². The molecule has 0 unspecified atom stereocenters. The van der Waals surface area contributed by atoms with E-state index in [1.165, 1.54) is 19.3 Å². The van der Waals surface area contributed by atoms with Crippen molar-refractivity contribution >= 4 is 11.6 Å². The van der Waals surface area contributed by atoms with Crippen molar-refractivity contribution in [1.29, 1.82) is 0 Å². The minimum absolute atomic E-state index is 0.350. The molecule has 1 saturated heterocycles. The third-order valence-corrected chi connectivity index (χ3v) is 4.59. The van der Waals surface area contributed by atoms with Crippen LogP contribution < -0.4 is 0 Å². The van der Waals surface area contributed by atoms with E-state index in [1.807, 2.05) is 6.07 Å². The fourth-order valence-electron chi connectivity index (χ4n) is 2.53. The van der Waals surface area contributed by atoms with Gasteiger partial charge in [-0.3, -0.25) is 4.90 Å². The van der Waals surface area contributed by atoms with Gasteiger partial charge in [0.1, 0.15) is 5.75 Å². The van der Waals surface area contributed by atoms with Gasteiger partial charge in [-0.25, -0.2) is 0 Å². The number of hydrogen-bond acceptors (Lipinski definition) is 2. The first-order valence-electron chi connectivity index (χ1n) is 6.72. The SMILES string of the molecule is CCC1(C)CCN(Cc2cc(Cl)ccc2O)CC1. The van der Waals surface area contributed by atoms with E-state index in [2.05, 4.69) is 18.7 Å². The molecule has 0 radical (unpaired) electrons. The van der Waals surface area contributed by atoms with Gasteiger partial charge in [-0.2, -0.15) is 0 Å². The number of likely N-dealkylation sites (tertiary alicyclic amines) is 1. The molecule has 2 nitrogen and oxygen atoms in total. The lowest BCUT2D eigenvalue weighted by Gasteiger charge is -2.39. The monoisotopic (exact) mass is 267 g/mol. The minimum atomic E-state index is 0.350. The van der Waals surface area contributed by atoms with E-state index < -0.39 is 0 Å². The van der Waals surface area contributed by atoms with E-state index >= 15 is 0 Å². The lowest BCUT2D eigenvalue weighted by Crippen LogP contribution is -2.37. The topological polar surface area (TPSA) is 23.5 Å². The summed E-state index contributed by atoms with van der Waals surface area (Å²) in [5, 5.41) is 10.5. The standard InChI is InChI=1S/C15H22ClNO/c1-3-15(2)6-8-17(9-7-15)11-12-10-13(16)4-5-14(12)18/h4-5,10,18H,3,6-9,11H2,1-2H3. The van der Waals surface area contributed by atoms with Crippen LogP contribution in [-0.2, 0) is 6.54 Å². The molecule has 1 aromatic rings. The summed E-state index contributed by atoms with van der Waals surface area (Å²) in [5.41, 5.74) is 1.44. The highest BCUT2D eigenvalue weighted by atomic mass is 35.5. The summed E-state index contributed by atoms with van der Waals surface area (Å²) >= 11 is 5.97. The zero-order valence-corrected chi connectivity index (χ0v) is 12.0. The van der Waals surface area contributed by atoms with Crippen molar-refractivity contribution in [2.45, 2.75) is 39.7 Å². The smallest absolute Gasteiger partial charge is 0.120 e. The molecule has 1 aliphatic heterocycles. The number of halogens is 1. The highest BCUT2D eigenvalue weighted by Crippen LogP contribution is 2.35. The van der Waals surface area contributed by atoms with Gasteiger partial charge in [-0.15, -0.1) is 0 Å². The zero-order valence-electron chi connectivity index (χ0n) is 11.2. The Bertz CT molecular complexity index is 411. The average Bonchev–Trinajstić information content (AvgIpc) is 2.37. The molecule has 1 aliphatic rings. The Morgan fingerprint density at radius 3 is 2.61 bits per heavy atom. The molecular weight excluding hydrogens is 246 g/mol. The first-order chi connectivity index (χ1) is 8.52. The Balaban J connectivity index is 1.97. The Kier molecular flexibility index (Phi) is 4.18. The molecule has 0 amide bonds. The maximum atomic E-state index is 9.83. The zero-order chi connectivity index (χ0) is 13.2. The molecule has 0 aromatic heterocycles. The maximum absolute atomic E-state index is 9.83. The predicted octanol–water partition coefficient (Wildman–Crippen LogP) is 4.06. The number of hydrogen-bond donors (Lipinski definition) is 1. The fraction of sp³-hybridized carbons (Fsp3) is 0.600. The van der Waals surface area contributed by atoms with Crippen molar-refractivity contribution in [3.8, 4) is 5.75 Å². The summed E-state index contributed by atoms with van der Waals surface area (Å²) in [7, 11) is 0. The van der Waals surface area contributed by atoms with Crippen molar-refractivity contribution in [3.05, 3.63) is 28.8 Å². The molecule has 1 N–H and O–H groups in total. The van der Waals surface area contributed by atoms with Crippen molar-refractivity contribution in [2.75, 3.05) is 13.1 Å². The highest BCUT2D eigenvalue weighted by molar-refractivity contribution is 6.30. The van der Waals surface area contributed by atoms with Crippen LogP contribution in [0.5, 0.6) is 5.75 Å². The Morgan fingerprint density at radius 1 is 1.33 bits per heavy atom. The normalized spacial score (nSPS) is 19.9. The number of piperidine rings is 1. The fourth-order valence-corrected chi connectivity index (χ4v) is 2.72. The number of aromatic hydroxyl groups is 1. The molecule has 100 valence electrons. The van der Waals surface area contributed by atoms with Gasteiger partial charge >= 0.3 is 0 Å². The van der Waals surface area contributed by atoms with Crippen molar-refractivity contribution < 1.29 is 5.11 Å². The van der Waals surface area contributed by atoms with E-state index in [0.717, 1.165) is 25.2 Å². The van der Waals surface area contributed by atoms with Crippen LogP contribution in [0.3, 0.4) is 0 Å². The van der Waals surface area contributed by atoms with Crippen LogP contribution in [0.15, 0.2) is 18.2 Å². The van der Waals surface area contributed by atoms with Crippen LogP contribution in [0, 0.1) is 5.41 Å². The van der Waals surface area contributed by atoms with Gasteiger partial charge in [0.05, 0.1) is 0 Å². The summed E-state index contributed by atoms with van der Waals surface area (Å²) in [6.07, 6.45) is 3.74. The first-order valence-corrected chi connectivity index (χ1v) is 7.10. The molecule has 0 aliphatic carbocycles. The molecule has 1 aromatic carbocycles. The second-order valence-electron chi connectivity index (χ2n) is 5.71. The van der Waals surface area contributed by atoms with Gasteiger partial charge in [-0.05, 0) is 49.5 Å². The van der Waals surface area contributed by atoms with Gasteiger partial charge in [0, 0.05) is 17.1 Å². The van der Waals surface area contributed by atoms with Crippen molar-refractivity contribution in [3.63, 3.8) is 0 Å². The minimum Gasteiger partial charge on any atom is -0.508 e. The molecule has 3 heteroatoms. The van der Waals surface area contributed by atoms with Gasteiger partial charge in [0.15, 0.2) is 0 Å². The summed E-state index contributed by atoms with van der Waals surface area (Å²) in [5.74, 6) is 0.350. The number of phenols is 1. The molecule has 0 saturated carbocycles. The van der Waals surface area contributed by atoms with Crippen LogP contribution >= 0.6 is 11.6 Å². The number of nitrogens with zero attached hydrogens (tertiary/aromatic N) is 1. The summed E-state index contributed by atoms with van der Waals surface area (Å²) < 4.78 is 0. The quantitative estimate of drug-likeness (QED) is 0.893. The first kappa shape index (κ1) is 13.7. The molecular formula is C15H22ClNO. The maximum Gasteiger partial charge on any atom is 0.120 e. The van der Waals surface area contributed by atoms with Gasteiger partial charge in [-0.1, -0.05) is 31.9 Å². The second kappa shape index (κ2) is 5.50. The molecule has 1 fully saturated rings. The largest absolute Gasteiger partial charge is 0.508 e. The third kappa shape index (κ3) is 3.18. The lowest BCUT2D eigenvalue weighted by molar-refractivity contribution is 0.109.